The number of aliphatic hydroxyl groups is 2. The van der Waals surface area contributed by atoms with E-state index in [9.17, 15) is 34.5 Å². The molecule has 452 valence electrons. The first-order chi connectivity index (χ1) is 38.6. The van der Waals surface area contributed by atoms with E-state index >= 15 is 0 Å². The van der Waals surface area contributed by atoms with Crippen LogP contribution in [-0.4, -0.2) is 89.2 Å². The minimum atomic E-state index is -1.92. The van der Waals surface area contributed by atoms with Crippen LogP contribution in [0.15, 0.2) is 85.1 Å². The number of carboxylic acid groups (broad SMARTS) is 1. The Morgan fingerprint density at radius 2 is 0.835 bits per heavy atom. The van der Waals surface area contributed by atoms with Crippen LogP contribution in [0.25, 0.3) is 0 Å². The van der Waals surface area contributed by atoms with Crippen LogP contribution in [0.1, 0.15) is 265 Å². The zero-order valence-electron chi connectivity index (χ0n) is 49.8. The van der Waals surface area contributed by atoms with Crippen molar-refractivity contribution in [1.29, 1.82) is 0 Å². The van der Waals surface area contributed by atoms with Crippen molar-refractivity contribution < 1.29 is 58.2 Å². The molecular weight excluding hydrogens is 997 g/mol. The van der Waals surface area contributed by atoms with Gasteiger partial charge in [0.25, 0.3) is 0 Å². The zero-order chi connectivity index (χ0) is 57.5. The lowest BCUT2D eigenvalue weighted by atomic mass is 9.98. The predicted molar refractivity (Wildman–Crippen MR) is 321 cm³/mol. The summed E-state index contributed by atoms with van der Waals surface area (Å²) < 4.78 is 28.3. The van der Waals surface area contributed by atoms with Crippen LogP contribution in [0.5, 0.6) is 0 Å². The van der Waals surface area contributed by atoms with Crippen molar-refractivity contribution in [3.05, 3.63) is 85.1 Å². The summed E-state index contributed by atoms with van der Waals surface area (Å²) >= 11 is 0. The van der Waals surface area contributed by atoms with Gasteiger partial charge in [-0.3, -0.25) is 14.4 Å². The number of allylic oxidation sites excluding steroid dienone is 13. The Morgan fingerprint density at radius 3 is 1.27 bits per heavy atom. The van der Waals surface area contributed by atoms with Crippen molar-refractivity contribution in [3.8, 4) is 0 Å². The summed E-state index contributed by atoms with van der Waals surface area (Å²) in [5.74, 6) is -3.30. The van der Waals surface area contributed by atoms with Crippen molar-refractivity contribution >= 4 is 23.9 Å². The molecule has 12 heteroatoms. The molecule has 0 amide bonds. The Labute approximate surface area is 480 Å². The van der Waals surface area contributed by atoms with Gasteiger partial charge in [0.2, 0.25) is 0 Å². The molecule has 12 nitrogen and oxygen atoms in total. The number of carboxylic acids is 1. The highest BCUT2D eigenvalue weighted by Gasteiger charge is 2.50. The number of aliphatic hydroxyl groups excluding tert-OH is 2. The van der Waals surface area contributed by atoms with Gasteiger partial charge in [0.05, 0.1) is 13.0 Å². The highest BCUT2D eigenvalue weighted by Crippen LogP contribution is 2.26. The first kappa shape index (κ1) is 72.9. The van der Waals surface area contributed by atoms with Crippen LogP contribution in [0.4, 0.5) is 0 Å². The summed E-state index contributed by atoms with van der Waals surface area (Å²) in [7, 11) is 0. The van der Waals surface area contributed by atoms with E-state index in [-0.39, 0.29) is 25.9 Å². The molecule has 0 spiro atoms. The third-order valence-corrected chi connectivity index (χ3v) is 14.0. The largest absolute Gasteiger partial charge is 0.479 e. The van der Waals surface area contributed by atoms with Gasteiger partial charge in [-0.1, -0.05) is 234 Å². The molecule has 1 fully saturated rings. The van der Waals surface area contributed by atoms with E-state index in [0.717, 1.165) is 83.5 Å². The Hall–Kier alpha value is -4.10. The van der Waals surface area contributed by atoms with Crippen molar-refractivity contribution in [3.63, 3.8) is 0 Å². The summed E-state index contributed by atoms with van der Waals surface area (Å²) in [6.45, 7) is 5.80. The molecule has 1 rings (SSSR count). The quantitative estimate of drug-likeness (QED) is 0.0228. The number of hydrogen-bond acceptors (Lipinski definition) is 11. The van der Waals surface area contributed by atoms with Gasteiger partial charge in [-0.2, -0.15) is 0 Å². The average Bonchev–Trinajstić information content (AvgIpc) is 3.46. The van der Waals surface area contributed by atoms with Crippen LogP contribution in [0.3, 0.4) is 0 Å². The molecule has 0 aromatic heterocycles. The van der Waals surface area contributed by atoms with Crippen LogP contribution >= 0.6 is 0 Å². The van der Waals surface area contributed by atoms with Crippen LogP contribution in [0.2, 0.25) is 0 Å². The average molecular weight is 1110 g/mol. The zero-order valence-corrected chi connectivity index (χ0v) is 49.8. The fourth-order valence-electron chi connectivity index (χ4n) is 9.14. The second kappa shape index (κ2) is 54.5. The molecular formula is C67H112O12. The van der Waals surface area contributed by atoms with E-state index in [1.54, 1.807) is 6.08 Å². The maximum Gasteiger partial charge on any atom is 0.335 e. The first-order valence-corrected chi connectivity index (χ1v) is 31.6. The molecule has 0 saturated carbocycles. The number of ether oxygens (including phenoxy) is 5. The summed E-state index contributed by atoms with van der Waals surface area (Å²) in [4.78, 5) is 51.2. The molecule has 0 aromatic rings. The molecule has 6 atom stereocenters. The predicted octanol–water partition coefficient (Wildman–Crippen LogP) is 16.7. The number of carbonyl (C=O) groups excluding carboxylic acids is 3. The van der Waals surface area contributed by atoms with Gasteiger partial charge in [0.1, 0.15) is 18.8 Å². The molecule has 1 aliphatic heterocycles. The van der Waals surface area contributed by atoms with Crippen molar-refractivity contribution in [2.75, 3.05) is 13.2 Å². The highest BCUT2D eigenvalue weighted by atomic mass is 16.7. The van der Waals surface area contributed by atoms with Crippen LogP contribution < -0.4 is 0 Å². The number of esters is 3. The van der Waals surface area contributed by atoms with Gasteiger partial charge in [-0.25, -0.2) is 4.79 Å². The lowest BCUT2D eigenvalue weighted by molar-refractivity contribution is -0.301. The first-order valence-electron chi connectivity index (χ1n) is 31.6. The molecule has 79 heavy (non-hydrogen) atoms. The minimum absolute atomic E-state index is 0.0379. The molecule has 0 radical (unpaired) electrons. The fourth-order valence-corrected chi connectivity index (χ4v) is 9.14. The molecule has 6 unspecified atom stereocenters. The Kier molecular flexibility index (Phi) is 50.3. The third-order valence-electron chi connectivity index (χ3n) is 14.0. The Bertz CT molecular complexity index is 1700. The SMILES string of the molecule is CC/C=C\C/C=C\C/C=C\C/C=C\C/C=C\CC(=O)OC(COC(=O)CCCCCCCCCCC/C=C\CCCCCCCC)COC1OC(C(=O)O)C(O)C(O)C1OC(=O)CCCCCCC/C=C\CCCCCCCC. The van der Waals surface area contributed by atoms with Gasteiger partial charge in [-0.15, -0.1) is 0 Å². The van der Waals surface area contributed by atoms with Gasteiger partial charge in [0, 0.05) is 12.8 Å². The molecule has 1 aliphatic rings. The fraction of sp³-hybridized carbons (Fsp3) is 0.731. The van der Waals surface area contributed by atoms with E-state index < -0.39 is 67.3 Å². The molecule has 0 aromatic carbocycles. The van der Waals surface area contributed by atoms with E-state index in [0.29, 0.717) is 19.3 Å². The Balaban J connectivity index is 2.71. The summed E-state index contributed by atoms with van der Waals surface area (Å²) in [6, 6.07) is 0. The summed E-state index contributed by atoms with van der Waals surface area (Å²) in [6.07, 6.45) is 58.6. The van der Waals surface area contributed by atoms with E-state index in [1.165, 1.54) is 122 Å². The second-order valence-corrected chi connectivity index (χ2v) is 21.3. The topological polar surface area (TPSA) is 175 Å². The smallest absolute Gasteiger partial charge is 0.335 e. The van der Waals surface area contributed by atoms with E-state index in [2.05, 4.69) is 87.6 Å². The normalized spacial score (nSPS) is 18.4. The lowest BCUT2D eigenvalue weighted by Gasteiger charge is -2.40. The number of hydrogen-bond donors (Lipinski definition) is 3. The van der Waals surface area contributed by atoms with E-state index in [4.69, 9.17) is 23.7 Å². The number of unbranched alkanes of at least 4 members (excludes halogenated alkanes) is 26. The second-order valence-electron chi connectivity index (χ2n) is 21.3. The third kappa shape index (κ3) is 44.3. The standard InChI is InChI=1S/C67H112O12/c1-4-7-10-13-16-19-22-25-28-29-30-31-34-35-38-41-44-47-50-53-59(68)75-56-58(77-60(69)54-51-48-45-42-39-36-32-26-23-20-17-14-11-8-5-2)57-76-67-65(63(72)62(71)64(79-67)66(73)74)78-61(70)55-52-49-46-43-40-37-33-27-24-21-18-15-12-9-6-3/h8,11,17,20,25-28,32-33,39,42,48,51,58,62-65,67,71-72H,4-7,9-10,12-16,18-19,21-24,29-31,34-38,40-41,43-47,49-50,52-57H2,1-3H3,(H,73,74)/b11-8-,20-17-,28-25-,32-26-,33-27-,42-39-,51-48-. The minimum Gasteiger partial charge on any atom is -0.479 e. The van der Waals surface area contributed by atoms with Crippen molar-refractivity contribution in [1.82, 2.24) is 0 Å². The molecule has 1 heterocycles. The molecule has 3 N–H and O–H groups in total. The molecule has 0 aliphatic carbocycles. The molecule has 1 saturated heterocycles. The van der Waals surface area contributed by atoms with Crippen molar-refractivity contribution in [2.24, 2.45) is 0 Å². The van der Waals surface area contributed by atoms with Gasteiger partial charge >= 0.3 is 23.9 Å². The number of aliphatic carboxylic acids is 1. The van der Waals surface area contributed by atoms with Gasteiger partial charge < -0.3 is 39.0 Å². The highest BCUT2D eigenvalue weighted by molar-refractivity contribution is 5.74. The number of carbonyl (C=O) groups is 4. The molecule has 0 bridgehead atoms. The van der Waals surface area contributed by atoms with Crippen LogP contribution in [-0.2, 0) is 42.9 Å². The Morgan fingerprint density at radius 1 is 0.443 bits per heavy atom. The van der Waals surface area contributed by atoms with Crippen LogP contribution in [0, 0.1) is 0 Å². The number of rotatable bonds is 53. The lowest BCUT2D eigenvalue weighted by Crippen LogP contribution is -2.61. The van der Waals surface area contributed by atoms with Crippen molar-refractivity contribution in [2.45, 2.75) is 302 Å². The summed E-state index contributed by atoms with van der Waals surface area (Å²) in [5.41, 5.74) is 0. The maximum absolute atomic E-state index is 13.1. The maximum atomic E-state index is 13.1. The van der Waals surface area contributed by atoms with E-state index in [1.807, 2.05) is 12.2 Å². The van der Waals surface area contributed by atoms with Gasteiger partial charge in [0.15, 0.2) is 24.6 Å². The summed E-state index contributed by atoms with van der Waals surface area (Å²) in [5, 5.41) is 31.5. The van der Waals surface area contributed by atoms with Gasteiger partial charge in [-0.05, 0) is 96.3 Å². The monoisotopic (exact) mass is 1110 g/mol.